The maximum Gasteiger partial charge on any atom is 0.229 e. The van der Waals surface area contributed by atoms with Crippen LogP contribution in [0, 0.1) is 5.92 Å². The normalized spacial score (nSPS) is 26.9. The van der Waals surface area contributed by atoms with Crippen LogP contribution in [-0.2, 0) is 17.6 Å². The van der Waals surface area contributed by atoms with Crippen molar-refractivity contribution in [3.05, 3.63) is 10.6 Å². The van der Waals surface area contributed by atoms with E-state index in [0.717, 1.165) is 37.4 Å². The molecule has 98 valence electrons. The van der Waals surface area contributed by atoms with Crippen LogP contribution in [0.25, 0.3) is 0 Å². The Hall–Kier alpha value is -0.940. The van der Waals surface area contributed by atoms with E-state index in [9.17, 15) is 4.79 Å². The second kappa shape index (κ2) is 4.97. The fourth-order valence-corrected chi connectivity index (χ4v) is 3.87. The van der Waals surface area contributed by atoms with E-state index in [1.807, 2.05) is 0 Å². The van der Waals surface area contributed by atoms with Crippen molar-refractivity contribution < 1.29 is 4.79 Å². The van der Waals surface area contributed by atoms with Gasteiger partial charge in [-0.15, -0.1) is 11.3 Å². The number of carbonyl (C=O) groups is 1. The van der Waals surface area contributed by atoms with Crippen molar-refractivity contribution in [3.63, 3.8) is 0 Å². The molecule has 1 amide bonds. The largest absolute Gasteiger partial charge is 0.314 e. The zero-order chi connectivity index (χ0) is 12.5. The molecule has 2 aliphatic rings. The summed E-state index contributed by atoms with van der Waals surface area (Å²) < 4.78 is 0. The number of anilines is 1. The van der Waals surface area contributed by atoms with E-state index in [0.29, 0.717) is 6.04 Å². The molecule has 0 radical (unpaired) electrons. The molecule has 2 unspecified atom stereocenters. The van der Waals surface area contributed by atoms with Crippen molar-refractivity contribution in [2.24, 2.45) is 5.92 Å². The first-order valence-corrected chi connectivity index (χ1v) is 7.57. The number of nitrogens with zero attached hydrogens (tertiary/aromatic N) is 1. The van der Waals surface area contributed by atoms with Gasteiger partial charge in [0.1, 0.15) is 0 Å². The lowest BCUT2D eigenvalue weighted by Gasteiger charge is -2.26. The van der Waals surface area contributed by atoms with Crippen LogP contribution in [0.1, 0.15) is 36.8 Å². The number of fused-ring (bicyclic) bond motifs is 1. The molecular formula is C13H19N3OS. The third-order valence-electron chi connectivity index (χ3n) is 3.82. The van der Waals surface area contributed by atoms with Gasteiger partial charge in [0, 0.05) is 16.8 Å². The van der Waals surface area contributed by atoms with Crippen LogP contribution in [0.4, 0.5) is 5.13 Å². The van der Waals surface area contributed by atoms with Gasteiger partial charge in [0.2, 0.25) is 5.91 Å². The zero-order valence-corrected chi connectivity index (χ0v) is 11.5. The Morgan fingerprint density at radius 1 is 1.50 bits per heavy atom. The van der Waals surface area contributed by atoms with Gasteiger partial charge in [0.05, 0.1) is 5.69 Å². The summed E-state index contributed by atoms with van der Waals surface area (Å²) in [6.45, 7) is 3.07. The second-order valence-electron chi connectivity index (χ2n) is 5.31. The first-order valence-electron chi connectivity index (χ1n) is 6.75. The summed E-state index contributed by atoms with van der Waals surface area (Å²) in [5.41, 5.74) is 1.20. The van der Waals surface area contributed by atoms with Gasteiger partial charge in [-0.1, -0.05) is 0 Å². The van der Waals surface area contributed by atoms with Gasteiger partial charge in [-0.2, -0.15) is 0 Å². The highest BCUT2D eigenvalue weighted by molar-refractivity contribution is 7.15. The standard InChI is InChI=1S/C13H19N3OS/c1-8-7-9(5-6-14-8)12(17)16-13-15-10-3-2-4-11(10)18-13/h8-9,14H,2-7H2,1H3,(H,15,16,17). The van der Waals surface area contributed by atoms with Crippen molar-refractivity contribution in [2.75, 3.05) is 11.9 Å². The highest BCUT2D eigenvalue weighted by Gasteiger charge is 2.26. The van der Waals surface area contributed by atoms with Crippen LogP contribution in [0.3, 0.4) is 0 Å². The van der Waals surface area contributed by atoms with Crippen molar-refractivity contribution in [3.8, 4) is 0 Å². The molecule has 4 nitrogen and oxygen atoms in total. The zero-order valence-electron chi connectivity index (χ0n) is 10.7. The van der Waals surface area contributed by atoms with E-state index in [1.165, 1.54) is 17.0 Å². The number of nitrogens with one attached hydrogen (secondary N) is 2. The van der Waals surface area contributed by atoms with Crippen LogP contribution in [0.2, 0.25) is 0 Å². The minimum Gasteiger partial charge on any atom is -0.314 e. The number of amides is 1. The van der Waals surface area contributed by atoms with Crippen LogP contribution in [0.15, 0.2) is 0 Å². The average molecular weight is 265 g/mol. The van der Waals surface area contributed by atoms with Gasteiger partial charge in [0.15, 0.2) is 5.13 Å². The van der Waals surface area contributed by atoms with Crippen molar-refractivity contribution in [1.82, 2.24) is 10.3 Å². The minimum absolute atomic E-state index is 0.139. The molecule has 18 heavy (non-hydrogen) atoms. The number of piperidine rings is 1. The topological polar surface area (TPSA) is 54.0 Å². The molecule has 2 N–H and O–H groups in total. The lowest BCUT2D eigenvalue weighted by atomic mass is 9.93. The fourth-order valence-electron chi connectivity index (χ4n) is 2.82. The van der Waals surface area contributed by atoms with Gasteiger partial charge in [-0.3, -0.25) is 4.79 Å². The summed E-state index contributed by atoms with van der Waals surface area (Å²) in [5.74, 6) is 0.288. The molecule has 1 aromatic heterocycles. The molecule has 1 aromatic rings. The molecule has 0 saturated carbocycles. The van der Waals surface area contributed by atoms with Crippen LogP contribution >= 0.6 is 11.3 Å². The predicted octanol–water partition coefficient (Wildman–Crippen LogP) is 1.96. The maximum absolute atomic E-state index is 12.2. The summed E-state index contributed by atoms with van der Waals surface area (Å²) in [6, 6.07) is 0.441. The van der Waals surface area contributed by atoms with Crippen LogP contribution in [0.5, 0.6) is 0 Å². The van der Waals surface area contributed by atoms with E-state index in [2.05, 4.69) is 22.5 Å². The van der Waals surface area contributed by atoms with Gasteiger partial charge >= 0.3 is 0 Å². The van der Waals surface area contributed by atoms with E-state index < -0.39 is 0 Å². The van der Waals surface area contributed by atoms with Crippen molar-refractivity contribution in [2.45, 2.75) is 45.1 Å². The van der Waals surface area contributed by atoms with Crippen LogP contribution < -0.4 is 10.6 Å². The number of carbonyl (C=O) groups excluding carboxylic acids is 1. The second-order valence-corrected chi connectivity index (χ2v) is 6.39. The van der Waals surface area contributed by atoms with E-state index in [1.54, 1.807) is 11.3 Å². The lowest BCUT2D eigenvalue weighted by Crippen LogP contribution is -2.40. The third-order valence-corrected chi connectivity index (χ3v) is 4.89. The predicted molar refractivity (Wildman–Crippen MR) is 73.0 cm³/mol. The monoisotopic (exact) mass is 265 g/mol. The molecule has 2 atom stereocenters. The lowest BCUT2D eigenvalue weighted by molar-refractivity contribution is -0.120. The minimum atomic E-state index is 0.139. The Labute approximate surface area is 111 Å². The Morgan fingerprint density at radius 2 is 2.39 bits per heavy atom. The maximum atomic E-state index is 12.2. The van der Waals surface area contributed by atoms with Gasteiger partial charge in [-0.05, 0) is 45.6 Å². The SMILES string of the molecule is CC1CC(C(=O)Nc2nc3c(s2)CCC3)CCN1. The van der Waals surface area contributed by atoms with Gasteiger partial charge in [-0.25, -0.2) is 4.98 Å². The molecule has 1 aliphatic carbocycles. The third kappa shape index (κ3) is 2.42. The number of aryl methyl sites for hydroxylation is 2. The number of hydrogen-bond donors (Lipinski definition) is 2. The quantitative estimate of drug-likeness (QED) is 0.859. The summed E-state index contributed by atoms with van der Waals surface area (Å²) in [7, 11) is 0. The van der Waals surface area contributed by atoms with Crippen molar-refractivity contribution in [1.29, 1.82) is 0 Å². The first-order chi connectivity index (χ1) is 8.72. The Morgan fingerprint density at radius 3 is 3.17 bits per heavy atom. The molecule has 2 heterocycles. The number of thiazole rings is 1. The molecular weight excluding hydrogens is 246 g/mol. The summed E-state index contributed by atoms with van der Waals surface area (Å²) in [4.78, 5) is 18.0. The summed E-state index contributed by atoms with van der Waals surface area (Å²) >= 11 is 1.66. The van der Waals surface area contributed by atoms with E-state index >= 15 is 0 Å². The van der Waals surface area contributed by atoms with E-state index in [4.69, 9.17) is 0 Å². The molecule has 0 spiro atoms. The molecule has 5 heteroatoms. The number of rotatable bonds is 2. The molecule has 1 aliphatic heterocycles. The fraction of sp³-hybridized carbons (Fsp3) is 0.692. The summed E-state index contributed by atoms with van der Waals surface area (Å²) in [6.07, 6.45) is 5.28. The smallest absolute Gasteiger partial charge is 0.229 e. The molecule has 1 fully saturated rings. The number of aromatic nitrogens is 1. The highest BCUT2D eigenvalue weighted by Crippen LogP contribution is 2.31. The van der Waals surface area contributed by atoms with E-state index in [-0.39, 0.29) is 11.8 Å². The Balaban J connectivity index is 1.63. The first kappa shape index (κ1) is 12.1. The van der Waals surface area contributed by atoms with Crippen LogP contribution in [-0.4, -0.2) is 23.5 Å². The van der Waals surface area contributed by atoms with Gasteiger partial charge < -0.3 is 10.6 Å². The molecule has 0 aromatic carbocycles. The highest BCUT2D eigenvalue weighted by atomic mass is 32.1. The molecule has 3 rings (SSSR count). The Bertz CT molecular complexity index is 436. The summed E-state index contributed by atoms with van der Waals surface area (Å²) in [5, 5.41) is 7.17. The van der Waals surface area contributed by atoms with Gasteiger partial charge in [0.25, 0.3) is 0 Å². The Kier molecular flexibility index (Phi) is 3.35. The average Bonchev–Trinajstić information content (AvgIpc) is 2.89. The number of hydrogen-bond acceptors (Lipinski definition) is 4. The molecule has 1 saturated heterocycles. The van der Waals surface area contributed by atoms with Crippen molar-refractivity contribution >= 4 is 22.4 Å². The molecule has 0 bridgehead atoms.